The number of amides is 1. The van der Waals surface area contributed by atoms with Gasteiger partial charge in [0.05, 0.1) is 23.8 Å². The van der Waals surface area contributed by atoms with Crippen LogP contribution in [0.4, 0.5) is 0 Å². The zero-order chi connectivity index (χ0) is 14.9. The molecule has 5 nitrogen and oxygen atoms in total. The third-order valence-corrected chi connectivity index (χ3v) is 5.08. The van der Waals surface area contributed by atoms with Crippen molar-refractivity contribution in [2.75, 3.05) is 26.2 Å². The van der Waals surface area contributed by atoms with Crippen molar-refractivity contribution in [3.63, 3.8) is 0 Å². The van der Waals surface area contributed by atoms with Crippen LogP contribution < -0.4 is 0 Å². The van der Waals surface area contributed by atoms with E-state index in [-0.39, 0.29) is 18.1 Å². The minimum atomic E-state index is 0.0653. The maximum Gasteiger partial charge on any atom is 0.228 e. The first-order valence-electron chi connectivity index (χ1n) is 8.36. The van der Waals surface area contributed by atoms with Gasteiger partial charge in [-0.1, -0.05) is 6.07 Å². The fourth-order valence-electron chi connectivity index (χ4n) is 4.02. The van der Waals surface area contributed by atoms with E-state index < -0.39 is 0 Å². The van der Waals surface area contributed by atoms with Gasteiger partial charge < -0.3 is 9.64 Å². The highest BCUT2D eigenvalue weighted by molar-refractivity contribution is 5.80. The Hall–Kier alpha value is -1.46. The summed E-state index contributed by atoms with van der Waals surface area (Å²) in [6, 6.07) is 6.03. The lowest BCUT2D eigenvalue weighted by molar-refractivity contribution is -0.137. The molecule has 1 amide bonds. The SMILES string of the molecule is O=C([C@H]1C[C@@H]2CN(Cc3ccccn3)C[C@H]1O2)N1CCCC1. The van der Waals surface area contributed by atoms with E-state index >= 15 is 0 Å². The topological polar surface area (TPSA) is 45.7 Å². The van der Waals surface area contributed by atoms with Crippen molar-refractivity contribution >= 4 is 5.91 Å². The van der Waals surface area contributed by atoms with E-state index in [1.807, 2.05) is 23.2 Å². The number of ether oxygens (including phenoxy) is 1. The molecule has 3 saturated heterocycles. The number of carbonyl (C=O) groups is 1. The Morgan fingerprint density at radius 3 is 2.91 bits per heavy atom. The standard InChI is InChI=1S/C17H23N3O2/c21-17(20-7-3-4-8-20)15-9-14-11-19(12-16(15)22-14)10-13-5-1-2-6-18-13/h1-2,5-6,14-16H,3-4,7-12H2/t14-,15+,16-/m1/s1. The van der Waals surface area contributed by atoms with E-state index in [9.17, 15) is 4.79 Å². The molecule has 1 aromatic heterocycles. The Morgan fingerprint density at radius 2 is 2.14 bits per heavy atom. The van der Waals surface area contributed by atoms with Crippen LogP contribution >= 0.6 is 0 Å². The molecular formula is C17H23N3O2. The minimum Gasteiger partial charge on any atom is -0.371 e. The Labute approximate surface area is 131 Å². The van der Waals surface area contributed by atoms with Gasteiger partial charge in [0, 0.05) is 38.9 Å². The number of carbonyl (C=O) groups excluding carboxylic acids is 1. The molecule has 0 spiro atoms. The van der Waals surface area contributed by atoms with E-state index in [2.05, 4.69) is 16.0 Å². The van der Waals surface area contributed by atoms with Gasteiger partial charge >= 0.3 is 0 Å². The number of likely N-dealkylation sites (tertiary alicyclic amines) is 2. The van der Waals surface area contributed by atoms with Crippen LogP contribution in [0, 0.1) is 5.92 Å². The van der Waals surface area contributed by atoms with Crippen molar-refractivity contribution in [3.8, 4) is 0 Å². The molecule has 0 unspecified atom stereocenters. The number of hydrogen-bond donors (Lipinski definition) is 0. The minimum absolute atomic E-state index is 0.0653. The number of pyridine rings is 1. The first-order chi connectivity index (χ1) is 10.8. The summed E-state index contributed by atoms with van der Waals surface area (Å²) < 4.78 is 6.05. The van der Waals surface area contributed by atoms with Crippen molar-refractivity contribution in [2.24, 2.45) is 5.92 Å². The number of aromatic nitrogens is 1. The predicted octanol–water partition coefficient (Wildman–Crippen LogP) is 1.29. The molecule has 3 aliphatic heterocycles. The van der Waals surface area contributed by atoms with E-state index in [1.54, 1.807) is 0 Å². The summed E-state index contributed by atoms with van der Waals surface area (Å²) in [4.78, 5) is 21.5. The summed E-state index contributed by atoms with van der Waals surface area (Å²) in [5.41, 5.74) is 1.09. The van der Waals surface area contributed by atoms with Gasteiger partial charge in [0.15, 0.2) is 0 Å². The molecule has 4 heterocycles. The molecule has 4 rings (SSSR count). The van der Waals surface area contributed by atoms with E-state index in [1.165, 1.54) is 0 Å². The van der Waals surface area contributed by atoms with Crippen LogP contribution in [-0.4, -0.2) is 59.1 Å². The molecule has 3 atom stereocenters. The molecule has 22 heavy (non-hydrogen) atoms. The quantitative estimate of drug-likeness (QED) is 0.844. The average molecular weight is 301 g/mol. The fraction of sp³-hybridized carbons (Fsp3) is 0.647. The monoisotopic (exact) mass is 301 g/mol. The molecule has 1 aromatic rings. The number of fused-ring (bicyclic) bond motifs is 2. The molecule has 0 aromatic carbocycles. The maximum absolute atomic E-state index is 12.7. The van der Waals surface area contributed by atoms with Crippen molar-refractivity contribution in [1.82, 2.24) is 14.8 Å². The third kappa shape index (κ3) is 2.75. The van der Waals surface area contributed by atoms with Gasteiger partial charge in [-0.25, -0.2) is 0 Å². The Balaban J connectivity index is 1.40. The fourth-order valence-corrected chi connectivity index (χ4v) is 4.02. The van der Waals surface area contributed by atoms with Gasteiger partial charge in [0.25, 0.3) is 0 Å². The van der Waals surface area contributed by atoms with Gasteiger partial charge in [-0.2, -0.15) is 0 Å². The van der Waals surface area contributed by atoms with E-state index in [0.29, 0.717) is 5.91 Å². The predicted molar refractivity (Wildman–Crippen MR) is 82.1 cm³/mol. The number of morpholine rings is 1. The number of nitrogens with zero attached hydrogens (tertiary/aromatic N) is 3. The second-order valence-corrected chi connectivity index (χ2v) is 6.69. The van der Waals surface area contributed by atoms with Crippen LogP contribution in [0.15, 0.2) is 24.4 Å². The Kier molecular flexibility index (Phi) is 3.84. The smallest absolute Gasteiger partial charge is 0.228 e. The molecule has 2 bridgehead atoms. The van der Waals surface area contributed by atoms with Gasteiger partial charge in [-0.05, 0) is 31.4 Å². The molecule has 3 fully saturated rings. The highest BCUT2D eigenvalue weighted by Gasteiger charge is 2.46. The molecule has 0 radical (unpaired) electrons. The molecule has 0 N–H and O–H groups in total. The van der Waals surface area contributed by atoms with Crippen molar-refractivity contribution < 1.29 is 9.53 Å². The molecule has 118 valence electrons. The molecule has 5 heteroatoms. The second-order valence-electron chi connectivity index (χ2n) is 6.69. The summed E-state index contributed by atoms with van der Waals surface area (Å²) in [5, 5.41) is 0. The first kappa shape index (κ1) is 14.2. The van der Waals surface area contributed by atoms with Crippen LogP contribution in [0.3, 0.4) is 0 Å². The lowest BCUT2D eigenvalue weighted by Crippen LogP contribution is -2.45. The highest BCUT2D eigenvalue weighted by atomic mass is 16.5. The lowest BCUT2D eigenvalue weighted by Gasteiger charge is -2.32. The molecule has 3 aliphatic rings. The summed E-state index contributed by atoms with van der Waals surface area (Å²) in [7, 11) is 0. The molecular weight excluding hydrogens is 278 g/mol. The Bertz CT molecular complexity index is 530. The molecule has 0 aliphatic carbocycles. The lowest BCUT2D eigenvalue weighted by atomic mass is 9.99. The van der Waals surface area contributed by atoms with Crippen LogP contribution in [0.5, 0.6) is 0 Å². The van der Waals surface area contributed by atoms with Gasteiger partial charge in [0.1, 0.15) is 0 Å². The normalized spacial score (nSPS) is 31.6. The van der Waals surface area contributed by atoms with Crippen LogP contribution in [-0.2, 0) is 16.1 Å². The third-order valence-electron chi connectivity index (χ3n) is 5.08. The van der Waals surface area contributed by atoms with E-state index in [4.69, 9.17) is 4.74 Å². The number of rotatable bonds is 3. The van der Waals surface area contributed by atoms with Gasteiger partial charge in [-0.15, -0.1) is 0 Å². The Morgan fingerprint density at radius 1 is 1.27 bits per heavy atom. The van der Waals surface area contributed by atoms with Gasteiger partial charge in [0.2, 0.25) is 5.91 Å². The second kappa shape index (κ2) is 5.97. The summed E-state index contributed by atoms with van der Waals surface area (Å²) >= 11 is 0. The van der Waals surface area contributed by atoms with Crippen LogP contribution in [0.25, 0.3) is 0 Å². The summed E-state index contributed by atoms with van der Waals surface area (Å²) in [6.07, 6.45) is 5.30. The number of hydrogen-bond acceptors (Lipinski definition) is 4. The maximum atomic E-state index is 12.7. The average Bonchev–Trinajstić information content (AvgIpc) is 3.16. The van der Waals surface area contributed by atoms with Crippen LogP contribution in [0.1, 0.15) is 25.0 Å². The van der Waals surface area contributed by atoms with Crippen LogP contribution in [0.2, 0.25) is 0 Å². The molecule has 0 saturated carbocycles. The van der Waals surface area contributed by atoms with Crippen molar-refractivity contribution in [1.29, 1.82) is 0 Å². The summed E-state index contributed by atoms with van der Waals surface area (Å²) in [6.45, 7) is 4.48. The first-order valence-corrected chi connectivity index (χ1v) is 8.36. The van der Waals surface area contributed by atoms with E-state index in [0.717, 1.165) is 57.7 Å². The van der Waals surface area contributed by atoms with Gasteiger partial charge in [-0.3, -0.25) is 14.7 Å². The van der Waals surface area contributed by atoms with Crippen molar-refractivity contribution in [3.05, 3.63) is 30.1 Å². The zero-order valence-corrected chi connectivity index (χ0v) is 12.9. The zero-order valence-electron chi connectivity index (χ0n) is 12.9. The largest absolute Gasteiger partial charge is 0.371 e. The van der Waals surface area contributed by atoms with Crippen molar-refractivity contribution in [2.45, 2.75) is 38.0 Å². The summed E-state index contributed by atoms with van der Waals surface area (Å²) in [5.74, 6) is 0.390. The highest BCUT2D eigenvalue weighted by Crippen LogP contribution is 2.34.